The molecule has 3 amide bonds. The summed E-state index contributed by atoms with van der Waals surface area (Å²) in [6.45, 7) is 4.40. The van der Waals surface area contributed by atoms with Crippen molar-refractivity contribution in [3.8, 4) is 0 Å². The van der Waals surface area contributed by atoms with Crippen molar-refractivity contribution in [3.05, 3.63) is 41.5 Å². The highest BCUT2D eigenvalue weighted by Crippen LogP contribution is 2.41. The molecule has 3 atom stereocenters. The number of aliphatic hydroxyl groups is 1. The zero-order valence-corrected chi connectivity index (χ0v) is 16.8. The molecule has 3 rings (SSSR count). The molecule has 1 heterocycles. The Labute approximate surface area is 167 Å². The predicted molar refractivity (Wildman–Crippen MR) is 110 cm³/mol. The number of allylic oxidation sites excluding steroid dienone is 2. The normalized spacial score (nSPS) is 23.8. The summed E-state index contributed by atoms with van der Waals surface area (Å²) in [5, 5.41) is 15.5. The van der Waals surface area contributed by atoms with Gasteiger partial charge in [0.2, 0.25) is 5.91 Å². The Bertz CT molecular complexity index is 729. The summed E-state index contributed by atoms with van der Waals surface area (Å²) in [6, 6.07) is 7.84. The third-order valence-electron chi connectivity index (χ3n) is 5.81. The number of hydrogen-bond acceptors (Lipinski definition) is 3. The van der Waals surface area contributed by atoms with Crippen LogP contribution in [0.5, 0.6) is 0 Å². The predicted octanol–water partition coefficient (Wildman–Crippen LogP) is 2.64. The fourth-order valence-corrected chi connectivity index (χ4v) is 4.44. The molecule has 0 spiro atoms. The van der Waals surface area contributed by atoms with E-state index in [0.717, 1.165) is 24.8 Å². The molecular formula is C22H31N3O3. The molecular weight excluding hydrogens is 354 g/mol. The van der Waals surface area contributed by atoms with Crippen molar-refractivity contribution in [2.45, 2.75) is 57.5 Å². The van der Waals surface area contributed by atoms with E-state index in [1.807, 2.05) is 6.92 Å². The van der Waals surface area contributed by atoms with Crippen LogP contribution in [0.3, 0.4) is 0 Å². The molecule has 3 N–H and O–H groups in total. The Morgan fingerprint density at radius 3 is 2.50 bits per heavy atom. The lowest BCUT2D eigenvalue weighted by atomic mass is 9.74. The van der Waals surface area contributed by atoms with Gasteiger partial charge >= 0.3 is 6.03 Å². The molecule has 0 radical (unpaired) electrons. The molecule has 0 aromatic heterocycles. The van der Waals surface area contributed by atoms with E-state index in [1.54, 1.807) is 4.90 Å². The van der Waals surface area contributed by atoms with Gasteiger partial charge in [-0.3, -0.25) is 4.79 Å². The van der Waals surface area contributed by atoms with Crippen LogP contribution in [0.15, 0.2) is 30.3 Å². The maximum Gasteiger partial charge on any atom is 0.314 e. The zero-order chi connectivity index (χ0) is 20.1. The quantitative estimate of drug-likeness (QED) is 0.675. The number of nitrogens with zero attached hydrogens (tertiary/aromatic N) is 1. The topological polar surface area (TPSA) is 81.7 Å². The van der Waals surface area contributed by atoms with Gasteiger partial charge in [0.15, 0.2) is 0 Å². The molecule has 0 bridgehead atoms. The molecule has 2 aliphatic rings. The minimum Gasteiger partial charge on any atom is -0.394 e. The van der Waals surface area contributed by atoms with Crippen LogP contribution in [-0.2, 0) is 4.79 Å². The zero-order valence-electron chi connectivity index (χ0n) is 16.8. The minimum atomic E-state index is -0.250. The van der Waals surface area contributed by atoms with Crippen molar-refractivity contribution in [3.63, 3.8) is 0 Å². The average Bonchev–Trinajstić information content (AvgIpc) is 3.20. The molecule has 1 aliphatic carbocycles. The lowest BCUT2D eigenvalue weighted by Crippen LogP contribution is -2.68. The highest BCUT2D eigenvalue weighted by Gasteiger charge is 2.49. The maximum atomic E-state index is 12.1. The van der Waals surface area contributed by atoms with Crippen LogP contribution in [-0.4, -0.2) is 53.7 Å². The fourth-order valence-electron chi connectivity index (χ4n) is 4.44. The number of carbonyl (C=O) groups excluding carboxylic acids is 2. The van der Waals surface area contributed by atoms with E-state index in [1.165, 1.54) is 24.5 Å². The van der Waals surface area contributed by atoms with Crippen LogP contribution in [0.2, 0.25) is 0 Å². The summed E-state index contributed by atoms with van der Waals surface area (Å²) in [7, 11) is 0. The number of urea groups is 1. The molecule has 152 valence electrons. The summed E-state index contributed by atoms with van der Waals surface area (Å²) >= 11 is 0. The van der Waals surface area contributed by atoms with Crippen molar-refractivity contribution in [2.75, 3.05) is 19.7 Å². The molecule has 1 saturated heterocycles. The number of carbonyl (C=O) groups is 2. The summed E-state index contributed by atoms with van der Waals surface area (Å²) in [5.41, 5.74) is 3.74. The molecule has 1 aliphatic heterocycles. The van der Waals surface area contributed by atoms with Gasteiger partial charge < -0.3 is 20.6 Å². The number of benzene rings is 1. The van der Waals surface area contributed by atoms with Crippen LogP contribution >= 0.6 is 0 Å². The van der Waals surface area contributed by atoms with Gasteiger partial charge in [-0.2, -0.15) is 0 Å². The fraction of sp³-hybridized carbons (Fsp3) is 0.545. The number of aliphatic hydroxyl groups excluding tert-OH is 1. The molecule has 6 nitrogen and oxygen atoms in total. The van der Waals surface area contributed by atoms with Crippen LogP contribution in [0.1, 0.15) is 56.6 Å². The van der Waals surface area contributed by atoms with E-state index < -0.39 is 0 Å². The Hall–Kier alpha value is -2.34. The minimum absolute atomic E-state index is 0.00647. The van der Waals surface area contributed by atoms with Crippen LogP contribution < -0.4 is 10.6 Å². The molecule has 1 aromatic rings. The summed E-state index contributed by atoms with van der Waals surface area (Å²) in [6.07, 6.45) is 6.66. The standard InChI is InChI=1S/C22H31N3O3/c1-3-12-23-22(28)24-13-19-21(20(14-26)25(19)15(2)27)18-10-8-17(9-11-18)16-6-4-5-7-16/h6,8-11,19-21,26H,3-5,7,12-14H2,1-2H3,(H2,23,24,28)/t19-,20-,21+/m0/s1. The third-order valence-corrected chi connectivity index (χ3v) is 5.81. The van der Waals surface area contributed by atoms with Crippen molar-refractivity contribution in [1.82, 2.24) is 15.5 Å². The number of rotatable bonds is 7. The van der Waals surface area contributed by atoms with Gasteiger partial charge in [0.25, 0.3) is 0 Å². The smallest absolute Gasteiger partial charge is 0.314 e. The first kappa shape index (κ1) is 20.4. The molecule has 28 heavy (non-hydrogen) atoms. The second-order valence-electron chi connectivity index (χ2n) is 7.65. The number of amides is 3. The van der Waals surface area contributed by atoms with Gasteiger partial charge in [0.1, 0.15) is 0 Å². The van der Waals surface area contributed by atoms with E-state index in [2.05, 4.69) is 41.0 Å². The first-order chi connectivity index (χ1) is 13.6. The molecule has 0 saturated carbocycles. The van der Waals surface area contributed by atoms with Gasteiger partial charge in [-0.1, -0.05) is 37.3 Å². The second kappa shape index (κ2) is 9.24. The SMILES string of the molecule is CCCNC(=O)NC[C@H]1[C@@H](c2ccc(C3=CCCC3)cc2)[C@H](CO)N1C(C)=O. The molecule has 1 aromatic carbocycles. The third kappa shape index (κ3) is 4.22. The van der Waals surface area contributed by atoms with E-state index in [4.69, 9.17) is 0 Å². The lowest BCUT2D eigenvalue weighted by Gasteiger charge is -2.54. The monoisotopic (exact) mass is 385 g/mol. The second-order valence-corrected chi connectivity index (χ2v) is 7.65. The van der Waals surface area contributed by atoms with Gasteiger partial charge in [0.05, 0.1) is 18.7 Å². The average molecular weight is 386 g/mol. The Balaban J connectivity index is 1.73. The van der Waals surface area contributed by atoms with E-state index in [-0.39, 0.29) is 36.5 Å². The first-order valence-electron chi connectivity index (χ1n) is 10.3. The van der Waals surface area contributed by atoms with Gasteiger partial charge in [-0.15, -0.1) is 0 Å². The number of hydrogen-bond donors (Lipinski definition) is 3. The first-order valence-corrected chi connectivity index (χ1v) is 10.3. The van der Waals surface area contributed by atoms with Crippen molar-refractivity contribution in [2.24, 2.45) is 0 Å². The van der Waals surface area contributed by atoms with E-state index in [9.17, 15) is 14.7 Å². The molecule has 0 unspecified atom stereocenters. The number of nitrogens with one attached hydrogen (secondary N) is 2. The van der Waals surface area contributed by atoms with Gasteiger partial charge in [-0.25, -0.2) is 4.79 Å². The number of likely N-dealkylation sites (tertiary alicyclic amines) is 1. The highest BCUT2D eigenvalue weighted by molar-refractivity contribution is 5.77. The molecule has 1 fully saturated rings. The summed E-state index contributed by atoms with van der Waals surface area (Å²) in [4.78, 5) is 25.7. The highest BCUT2D eigenvalue weighted by atomic mass is 16.3. The Morgan fingerprint density at radius 2 is 1.93 bits per heavy atom. The Morgan fingerprint density at radius 1 is 1.18 bits per heavy atom. The maximum absolute atomic E-state index is 12.1. The van der Waals surface area contributed by atoms with Crippen molar-refractivity contribution < 1.29 is 14.7 Å². The van der Waals surface area contributed by atoms with Crippen molar-refractivity contribution >= 4 is 17.5 Å². The van der Waals surface area contributed by atoms with E-state index >= 15 is 0 Å². The van der Waals surface area contributed by atoms with Crippen LogP contribution in [0.25, 0.3) is 5.57 Å². The van der Waals surface area contributed by atoms with Crippen LogP contribution in [0, 0.1) is 0 Å². The van der Waals surface area contributed by atoms with Gasteiger partial charge in [-0.05, 0) is 42.4 Å². The van der Waals surface area contributed by atoms with Crippen LogP contribution in [0.4, 0.5) is 4.79 Å². The van der Waals surface area contributed by atoms with Crippen molar-refractivity contribution in [1.29, 1.82) is 0 Å². The van der Waals surface area contributed by atoms with E-state index in [0.29, 0.717) is 13.1 Å². The van der Waals surface area contributed by atoms with Gasteiger partial charge in [0, 0.05) is 25.9 Å². The lowest BCUT2D eigenvalue weighted by molar-refractivity contribution is -0.147. The summed E-state index contributed by atoms with van der Waals surface area (Å²) in [5.74, 6) is -0.0734. The summed E-state index contributed by atoms with van der Waals surface area (Å²) < 4.78 is 0. The largest absolute Gasteiger partial charge is 0.394 e. The Kier molecular flexibility index (Phi) is 6.73. The molecule has 6 heteroatoms.